The molecule has 0 aliphatic rings. The molecule has 2 aromatic carbocycles. The average molecular weight is 384 g/mol. The van der Waals surface area contributed by atoms with Crippen LogP contribution in [0, 0.1) is 0 Å². The predicted molar refractivity (Wildman–Crippen MR) is 102 cm³/mol. The zero-order valence-corrected chi connectivity index (χ0v) is 15.7. The number of hydrogen-bond acceptors (Lipinski definition) is 3. The number of sulfonamides is 1. The molecule has 0 spiro atoms. The number of halogens is 1. The van der Waals surface area contributed by atoms with Gasteiger partial charge in [-0.15, -0.1) is 0 Å². The molecule has 0 unspecified atom stereocenters. The van der Waals surface area contributed by atoms with Gasteiger partial charge in [-0.2, -0.15) is 0 Å². The Bertz CT molecular complexity index is 821. The molecule has 0 aromatic heterocycles. The summed E-state index contributed by atoms with van der Waals surface area (Å²) >= 11 is 11.1. The lowest BCUT2D eigenvalue weighted by molar-refractivity contribution is 0.521. The molecule has 2 rings (SSSR count). The smallest absolute Gasteiger partial charge is 0.242 e. The molecule has 0 saturated heterocycles. The second-order valence-electron chi connectivity index (χ2n) is 5.25. The Morgan fingerprint density at radius 1 is 1.17 bits per heavy atom. The number of benzene rings is 2. The summed E-state index contributed by atoms with van der Waals surface area (Å²) in [5.41, 5.74) is 1.64. The molecule has 0 aliphatic carbocycles. The fraction of sp³-hybridized carbons (Fsp3) is 0.188. The van der Waals surface area contributed by atoms with E-state index in [9.17, 15) is 8.42 Å². The van der Waals surface area contributed by atoms with Crippen LogP contribution in [0.1, 0.15) is 5.56 Å². The minimum absolute atomic E-state index is 0.206. The standard InChI is InChI=1S/C16H18ClN3O2S2/c1-20(2)24(21,22)15-5-3-4-14(10-15)19-16(23)18-11-12-6-8-13(17)9-7-12/h3-10H,11H2,1-2H3,(H2,18,19,23). The summed E-state index contributed by atoms with van der Waals surface area (Å²) in [7, 11) is -0.490. The highest BCUT2D eigenvalue weighted by atomic mass is 35.5. The maximum absolute atomic E-state index is 12.1. The molecule has 8 heteroatoms. The predicted octanol–water partition coefficient (Wildman–Crippen LogP) is 3.08. The van der Waals surface area contributed by atoms with E-state index in [1.54, 1.807) is 24.3 Å². The zero-order valence-electron chi connectivity index (χ0n) is 13.3. The first-order valence-corrected chi connectivity index (χ1v) is 9.33. The third-order valence-corrected chi connectivity index (χ3v) is 5.55. The molecule has 2 aromatic rings. The monoisotopic (exact) mass is 383 g/mol. The molecule has 24 heavy (non-hydrogen) atoms. The molecule has 5 nitrogen and oxygen atoms in total. The van der Waals surface area contributed by atoms with Crippen molar-refractivity contribution in [1.29, 1.82) is 0 Å². The van der Waals surface area contributed by atoms with Crippen LogP contribution in [0.25, 0.3) is 0 Å². The van der Waals surface area contributed by atoms with Crippen LogP contribution in [0.15, 0.2) is 53.4 Å². The van der Waals surface area contributed by atoms with E-state index in [1.807, 2.05) is 24.3 Å². The molecular weight excluding hydrogens is 366 g/mol. The first kappa shape index (κ1) is 18.7. The summed E-state index contributed by atoms with van der Waals surface area (Å²) in [6.45, 7) is 0.540. The van der Waals surface area contributed by atoms with Gasteiger partial charge < -0.3 is 10.6 Å². The molecular formula is C16H18ClN3O2S2. The third-order valence-electron chi connectivity index (χ3n) is 3.24. The van der Waals surface area contributed by atoms with Crippen LogP contribution >= 0.6 is 23.8 Å². The maximum atomic E-state index is 12.1. The van der Waals surface area contributed by atoms with E-state index in [1.165, 1.54) is 18.4 Å². The Labute approximate surface area is 152 Å². The van der Waals surface area contributed by atoms with Crippen LogP contribution in [0.4, 0.5) is 5.69 Å². The summed E-state index contributed by atoms with van der Waals surface area (Å²) < 4.78 is 25.5. The van der Waals surface area contributed by atoms with Crippen LogP contribution in [-0.2, 0) is 16.6 Å². The van der Waals surface area contributed by atoms with Gasteiger partial charge in [0.1, 0.15) is 0 Å². The molecule has 0 aliphatic heterocycles. The maximum Gasteiger partial charge on any atom is 0.242 e. The Kier molecular flexibility index (Phi) is 6.17. The minimum atomic E-state index is -3.48. The Morgan fingerprint density at radius 3 is 2.46 bits per heavy atom. The Balaban J connectivity index is 2.00. The Morgan fingerprint density at radius 2 is 1.83 bits per heavy atom. The van der Waals surface area contributed by atoms with Gasteiger partial charge in [-0.3, -0.25) is 0 Å². The van der Waals surface area contributed by atoms with Crippen LogP contribution in [0.2, 0.25) is 5.02 Å². The largest absolute Gasteiger partial charge is 0.358 e. The highest BCUT2D eigenvalue weighted by Crippen LogP contribution is 2.18. The van der Waals surface area contributed by atoms with Crippen molar-refractivity contribution in [3.05, 3.63) is 59.1 Å². The molecule has 0 fully saturated rings. The van der Waals surface area contributed by atoms with Crippen LogP contribution in [0.3, 0.4) is 0 Å². The van der Waals surface area contributed by atoms with Crippen molar-refractivity contribution >= 4 is 44.6 Å². The zero-order chi connectivity index (χ0) is 17.7. The molecule has 0 atom stereocenters. The highest BCUT2D eigenvalue weighted by molar-refractivity contribution is 7.89. The Hall–Kier alpha value is -1.67. The summed E-state index contributed by atoms with van der Waals surface area (Å²) in [4.78, 5) is 0.206. The first-order chi connectivity index (χ1) is 11.3. The van der Waals surface area contributed by atoms with E-state index in [0.29, 0.717) is 22.4 Å². The van der Waals surface area contributed by atoms with Crippen molar-refractivity contribution < 1.29 is 8.42 Å². The lowest BCUT2D eigenvalue weighted by Crippen LogP contribution is -2.28. The molecule has 0 saturated carbocycles. The van der Waals surface area contributed by atoms with Crippen molar-refractivity contribution in [2.75, 3.05) is 19.4 Å². The number of nitrogens with one attached hydrogen (secondary N) is 2. The van der Waals surface area contributed by atoms with Crippen molar-refractivity contribution in [3.8, 4) is 0 Å². The summed E-state index contributed by atoms with van der Waals surface area (Å²) in [5, 5.41) is 7.14. The molecule has 0 heterocycles. The molecule has 0 radical (unpaired) electrons. The third kappa shape index (κ3) is 4.91. The van der Waals surface area contributed by atoms with Gasteiger partial charge in [-0.05, 0) is 48.1 Å². The molecule has 0 bridgehead atoms. The van der Waals surface area contributed by atoms with Gasteiger partial charge in [0.05, 0.1) is 4.90 Å². The number of nitrogens with zero attached hydrogens (tertiary/aromatic N) is 1. The van der Waals surface area contributed by atoms with Crippen LogP contribution in [-0.4, -0.2) is 31.9 Å². The quantitative estimate of drug-likeness (QED) is 0.777. The van der Waals surface area contributed by atoms with E-state index >= 15 is 0 Å². The SMILES string of the molecule is CN(C)S(=O)(=O)c1cccc(NC(=S)NCc2ccc(Cl)cc2)c1. The topological polar surface area (TPSA) is 61.4 Å². The van der Waals surface area contributed by atoms with Crippen LogP contribution < -0.4 is 10.6 Å². The van der Waals surface area contributed by atoms with Gasteiger partial charge in [0.2, 0.25) is 10.0 Å². The van der Waals surface area contributed by atoms with Gasteiger partial charge in [0, 0.05) is 31.4 Å². The molecule has 0 amide bonds. The van der Waals surface area contributed by atoms with Gasteiger partial charge in [-0.25, -0.2) is 12.7 Å². The van der Waals surface area contributed by atoms with Gasteiger partial charge in [-0.1, -0.05) is 29.8 Å². The molecule has 2 N–H and O–H groups in total. The van der Waals surface area contributed by atoms with Gasteiger partial charge in [0.15, 0.2) is 5.11 Å². The second-order valence-corrected chi connectivity index (χ2v) is 8.25. The van der Waals surface area contributed by atoms with Crippen molar-refractivity contribution in [2.24, 2.45) is 0 Å². The summed E-state index contributed by atoms with van der Waals surface area (Å²) in [6.07, 6.45) is 0. The highest BCUT2D eigenvalue weighted by Gasteiger charge is 2.17. The average Bonchev–Trinajstić information content (AvgIpc) is 2.54. The van der Waals surface area contributed by atoms with Crippen LogP contribution in [0.5, 0.6) is 0 Å². The van der Waals surface area contributed by atoms with Crippen molar-refractivity contribution in [2.45, 2.75) is 11.4 Å². The van der Waals surface area contributed by atoms with Crippen molar-refractivity contribution in [1.82, 2.24) is 9.62 Å². The fourth-order valence-corrected chi connectivity index (χ4v) is 3.17. The van der Waals surface area contributed by atoms with Crippen molar-refractivity contribution in [3.63, 3.8) is 0 Å². The number of anilines is 1. The first-order valence-electron chi connectivity index (χ1n) is 7.11. The number of hydrogen-bond donors (Lipinski definition) is 2. The minimum Gasteiger partial charge on any atom is -0.358 e. The van der Waals surface area contributed by atoms with E-state index < -0.39 is 10.0 Å². The number of thiocarbonyl (C=S) groups is 1. The summed E-state index contributed by atoms with van der Waals surface area (Å²) in [6, 6.07) is 13.9. The van der Waals surface area contributed by atoms with E-state index in [0.717, 1.165) is 5.56 Å². The lowest BCUT2D eigenvalue weighted by atomic mass is 10.2. The summed E-state index contributed by atoms with van der Waals surface area (Å²) in [5.74, 6) is 0. The van der Waals surface area contributed by atoms with Gasteiger partial charge >= 0.3 is 0 Å². The fourth-order valence-electron chi connectivity index (χ4n) is 1.91. The van der Waals surface area contributed by atoms with E-state index in [4.69, 9.17) is 23.8 Å². The second kappa shape index (κ2) is 7.94. The van der Waals surface area contributed by atoms with E-state index in [-0.39, 0.29) is 4.90 Å². The van der Waals surface area contributed by atoms with E-state index in [2.05, 4.69) is 10.6 Å². The molecule has 128 valence electrons. The number of rotatable bonds is 5. The lowest BCUT2D eigenvalue weighted by Gasteiger charge is -2.14. The normalized spacial score (nSPS) is 11.3. The van der Waals surface area contributed by atoms with Gasteiger partial charge in [0.25, 0.3) is 0 Å².